The fraction of sp³-hybridized carbons (Fsp3) is 0.600. The van der Waals surface area contributed by atoms with E-state index in [4.69, 9.17) is 0 Å². The molecule has 1 aromatic rings. The van der Waals surface area contributed by atoms with Crippen LogP contribution in [0.25, 0.3) is 0 Å². The molecule has 0 radical (unpaired) electrons. The van der Waals surface area contributed by atoms with Gasteiger partial charge in [0.25, 0.3) is 0 Å². The minimum absolute atomic E-state index is 0.0489. The van der Waals surface area contributed by atoms with Crippen LogP contribution in [0.15, 0.2) is 30.3 Å². The first-order chi connectivity index (χ1) is 8.61. The quantitative estimate of drug-likeness (QED) is 0.844. The maximum Gasteiger partial charge on any atom is 0.248 e. The second kappa shape index (κ2) is 5.79. The Hall–Kier alpha value is -0.960. The van der Waals surface area contributed by atoms with Gasteiger partial charge < -0.3 is 5.32 Å². The number of benzene rings is 1. The van der Waals surface area contributed by atoms with Gasteiger partial charge in [-0.3, -0.25) is 0 Å². The molecule has 0 saturated heterocycles. The summed E-state index contributed by atoms with van der Waals surface area (Å²) in [5.41, 5.74) is 1.28. The van der Waals surface area contributed by atoms with Crippen molar-refractivity contribution in [3.05, 3.63) is 35.9 Å². The first-order valence-corrected chi connectivity index (χ1v) is 6.70. The second-order valence-corrected chi connectivity index (χ2v) is 5.28. The zero-order chi connectivity index (χ0) is 13.0. The molecule has 1 aliphatic rings. The second-order valence-electron chi connectivity index (χ2n) is 5.28. The van der Waals surface area contributed by atoms with Crippen molar-refractivity contribution in [2.24, 2.45) is 5.92 Å². The van der Waals surface area contributed by atoms with Crippen LogP contribution in [-0.2, 0) is 6.42 Å². The van der Waals surface area contributed by atoms with Gasteiger partial charge in [-0.1, -0.05) is 30.3 Å². The van der Waals surface area contributed by atoms with Gasteiger partial charge in [-0.2, -0.15) is 0 Å². The van der Waals surface area contributed by atoms with E-state index in [1.54, 1.807) is 0 Å². The zero-order valence-corrected chi connectivity index (χ0v) is 10.8. The lowest BCUT2D eigenvalue weighted by atomic mass is 9.92. The topological polar surface area (TPSA) is 12.0 Å². The third kappa shape index (κ3) is 3.52. The van der Waals surface area contributed by atoms with Crippen molar-refractivity contribution in [1.82, 2.24) is 5.32 Å². The summed E-state index contributed by atoms with van der Waals surface area (Å²) in [4.78, 5) is 0. The lowest BCUT2D eigenvalue weighted by molar-refractivity contribution is 0.00330. The van der Waals surface area contributed by atoms with Crippen LogP contribution >= 0.6 is 0 Å². The predicted molar refractivity (Wildman–Crippen MR) is 69.9 cm³/mol. The average molecular weight is 253 g/mol. The molecule has 3 heteroatoms. The van der Waals surface area contributed by atoms with Crippen LogP contribution in [0.5, 0.6) is 0 Å². The van der Waals surface area contributed by atoms with Crippen molar-refractivity contribution in [1.29, 1.82) is 0 Å². The Kier molecular flexibility index (Phi) is 4.33. The molecule has 0 spiro atoms. The van der Waals surface area contributed by atoms with Crippen LogP contribution in [0.4, 0.5) is 8.78 Å². The van der Waals surface area contributed by atoms with E-state index in [0.29, 0.717) is 6.42 Å². The molecule has 1 nitrogen and oxygen atoms in total. The van der Waals surface area contributed by atoms with E-state index in [1.807, 2.05) is 25.2 Å². The summed E-state index contributed by atoms with van der Waals surface area (Å²) in [6.07, 6.45) is 2.64. The minimum Gasteiger partial charge on any atom is -0.317 e. The van der Waals surface area contributed by atoms with Gasteiger partial charge >= 0.3 is 0 Å². The molecule has 1 saturated carbocycles. The summed E-state index contributed by atoms with van der Waals surface area (Å²) < 4.78 is 26.5. The number of alkyl halides is 2. The first kappa shape index (κ1) is 13.5. The maximum atomic E-state index is 13.2. The molecule has 1 N–H and O–H groups in total. The fourth-order valence-electron chi connectivity index (χ4n) is 2.91. The van der Waals surface area contributed by atoms with E-state index in [0.717, 1.165) is 12.8 Å². The molecule has 1 aromatic carbocycles. The molecule has 18 heavy (non-hydrogen) atoms. The van der Waals surface area contributed by atoms with E-state index < -0.39 is 5.92 Å². The van der Waals surface area contributed by atoms with Gasteiger partial charge in [-0.05, 0) is 37.8 Å². The number of hydrogen-bond acceptors (Lipinski definition) is 1. The Morgan fingerprint density at radius 3 is 2.61 bits per heavy atom. The largest absolute Gasteiger partial charge is 0.317 e. The Morgan fingerprint density at radius 2 is 2.06 bits per heavy atom. The van der Waals surface area contributed by atoms with Gasteiger partial charge in [0.15, 0.2) is 0 Å². The fourth-order valence-corrected chi connectivity index (χ4v) is 2.91. The highest BCUT2D eigenvalue weighted by Gasteiger charge is 2.41. The minimum atomic E-state index is -2.44. The number of nitrogens with one attached hydrogen (secondary N) is 1. The van der Waals surface area contributed by atoms with E-state index in [-0.39, 0.29) is 24.8 Å². The smallest absolute Gasteiger partial charge is 0.248 e. The zero-order valence-electron chi connectivity index (χ0n) is 10.8. The van der Waals surface area contributed by atoms with Gasteiger partial charge in [0, 0.05) is 18.9 Å². The van der Waals surface area contributed by atoms with Gasteiger partial charge in [0.1, 0.15) is 0 Å². The molecule has 0 aromatic heterocycles. The van der Waals surface area contributed by atoms with Crippen molar-refractivity contribution >= 4 is 0 Å². The molecule has 100 valence electrons. The number of hydrogen-bond donors (Lipinski definition) is 1. The SMILES string of the molecule is CNC(CCc1ccccc1)C1CCC(F)(F)C1. The van der Waals surface area contributed by atoms with Crippen LogP contribution in [0.1, 0.15) is 31.2 Å². The molecule has 0 heterocycles. The number of rotatable bonds is 5. The molecule has 0 amide bonds. The van der Waals surface area contributed by atoms with Crippen LogP contribution in [0, 0.1) is 5.92 Å². The summed E-state index contributed by atoms with van der Waals surface area (Å²) in [5.74, 6) is -2.32. The standard InChI is InChI=1S/C15H21F2N/c1-18-14(13-9-10-15(16,17)11-13)8-7-12-5-3-2-4-6-12/h2-6,13-14,18H,7-11H2,1H3. The number of halogens is 2. The Morgan fingerprint density at radius 1 is 1.33 bits per heavy atom. The van der Waals surface area contributed by atoms with Gasteiger partial charge in [-0.25, -0.2) is 8.78 Å². The van der Waals surface area contributed by atoms with Crippen molar-refractivity contribution < 1.29 is 8.78 Å². The third-order valence-corrected chi connectivity index (χ3v) is 3.97. The van der Waals surface area contributed by atoms with Crippen LogP contribution in [0.2, 0.25) is 0 Å². The third-order valence-electron chi connectivity index (χ3n) is 3.97. The van der Waals surface area contributed by atoms with E-state index in [2.05, 4.69) is 17.4 Å². The highest BCUT2D eigenvalue weighted by atomic mass is 19.3. The van der Waals surface area contributed by atoms with Gasteiger partial charge in [-0.15, -0.1) is 0 Å². The molecular formula is C15H21F2N. The van der Waals surface area contributed by atoms with Gasteiger partial charge in [0.2, 0.25) is 5.92 Å². The molecule has 2 rings (SSSR count). The average Bonchev–Trinajstić information content (AvgIpc) is 2.72. The van der Waals surface area contributed by atoms with E-state index in [1.165, 1.54) is 5.56 Å². The Bertz CT molecular complexity index is 364. The molecule has 0 bridgehead atoms. The predicted octanol–water partition coefficient (Wildman–Crippen LogP) is 3.64. The molecule has 1 fully saturated rings. The molecule has 2 atom stereocenters. The summed E-state index contributed by atoms with van der Waals surface area (Å²) >= 11 is 0. The normalized spacial score (nSPS) is 24.1. The lowest BCUT2D eigenvalue weighted by Crippen LogP contribution is -2.33. The molecular weight excluding hydrogens is 232 g/mol. The Balaban J connectivity index is 1.87. The molecule has 0 aliphatic heterocycles. The van der Waals surface area contributed by atoms with Crippen molar-refractivity contribution in [3.8, 4) is 0 Å². The first-order valence-electron chi connectivity index (χ1n) is 6.70. The van der Waals surface area contributed by atoms with E-state index >= 15 is 0 Å². The van der Waals surface area contributed by atoms with E-state index in [9.17, 15) is 8.78 Å². The summed E-state index contributed by atoms with van der Waals surface area (Å²) in [7, 11) is 1.88. The van der Waals surface area contributed by atoms with Gasteiger partial charge in [0.05, 0.1) is 0 Å². The maximum absolute atomic E-state index is 13.2. The highest BCUT2D eigenvalue weighted by Crippen LogP contribution is 2.41. The van der Waals surface area contributed by atoms with Crippen LogP contribution < -0.4 is 5.32 Å². The molecule has 1 aliphatic carbocycles. The molecule has 2 unspecified atom stereocenters. The lowest BCUT2D eigenvalue weighted by Gasteiger charge is -2.23. The number of aryl methyl sites for hydroxylation is 1. The summed E-state index contributed by atoms with van der Waals surface area (Å²) in [6, 6.07) is 10.4. The summed E-state index contributed by atoms with van der Waals surface area (Å²) in [5, 5.41) is 3.22. The van der Waals surface area contributed by atoms with Crippen LogP contribution in [0.3, 0.4) is 0 Å². The van der Waals surface area contributed by atoms with Crippen molar-refractivity contribution in [3.63, 3.8) is 0 Å². The van der Waals surface area contributed by atoms with Crippen molar-refractivity contribution in [2.45, 2.75) is 44.1 Å². The van der Waals surface area contributed by atoms with Crippen molar-refractivity contribution in [2.75, 3.05) is 7.05 Å². The van der Waals surface area contributed by atoms with Crippen LogP contribution in [-0.4, -0.2) is 19.0 Å². The monoisotopic (exact) mass is 253 g/mol. The Labute approximate surface area is 108 Å². The highest BCUT2D eigenvalue weighted by molar-refractivity contribution is 5.14. The summed E-state index contributed by atoms with van der Waals surface area (Å²) in [6.45, 7) is 0.